The van der Waals surface area contributed by atoms with Gasteiger partial charge in [-0.15, -0.1) is 0 Å². The normalized spacial score (nSPS) is 11.9. The van der Waals surface area contributed by atoms with Gasteiger partial charge in [-0.25, -0.2) is 26.3 Å². The zero-order valence-electron chi connectivity index (χ0n) is 67.9. The SMILES string of the molecule is CCn1ncc2cc(Oc3ccc(NC(=O)c4ccc(C)n(-c5ccc(F)cc5)c4=O)cc3F)c(-c3cn[nH]c3)cc21.Cn1ncc2cc(Oc3ccc(NC(=O)c4ccc(C(F)(F)F)n(-c5ccc(F)cc5)c4=O)cc3F)c(-c3cn[nH]c3)cc21.Cn1ncc2cc(Oc3ccc(NC(=O)c4ccc(C5CC5)n(-c5ccc(F)cc5)c4=O)cc3F)c(-c3cn[nH]c3)cc21. The highest BCUT2D eigenvalue weighted by Gasteiger charge is 2.37. The van der Waals surface area contributed by atoms with Gasteiger partial charge in [0.1, 0.15) is 57.1 Å². The van der Waals surface area contributed by atoms with Gasteiger partial charge in [-0.05, 0) is 215 Å². The molecule has 0 spiro atoms. The molecule has 36 heteroatoms. The predicted molar refractivity (Wildman–Crippen MR) is 461 cm³/mol. The smallest absolute Gasteiger partial charge is 0.431 e. The van der Waals surface area contributed by atoms with Crippen LogP contribution in [-0.4, -0.2) is 91.4 Å². The maximum absolute atomic E-state index is 15.3. The van der Waals surface area contributed by atoms with Gasteiger partial charge in [-0.2, -0.15) is 43.8 Å². The Morgan fingerprint density at radius 3 is 1.15 bits per heavy atom. The van der Waals surface area contributed by atoms with E-state index in [1.54, 1.807) is 109 Å². The molecule has 0 bridgehead atoms. The molecular formula is C93H67F9N18O9. The van der Waals surface area contributed by atoms with Crippen LogP contribution in [0.4, 0.5) is 56.6 Å². The molecular weight excluding hydrogens is 1680 g/mol. The molecule has 1 aliphatic rings. The standard InChI is InChI=1S/C32H24F2N6O3.C31H24F2N6O3.C30H19F5N6O3/c1-39-28-14-25(20-15-35-36-16-20)30(12-19(28)17-37-39)43-29-11-6-22(13-26(29)34)38-31(41)24-9-10-27(18-2-3-18)40(32(24)42)23-7-4-21(33)5-8-23;1-3-38-27-14-25(20-15-34-35-16-20)29(12-19(27)17-36-38)42-28-11-7-22(13-26(28)33)37-30(40)24-10-4-18(2)39(31(24)41)23-8-5-21(32)6-9-23;1-40-24-12-22(17-13-36-37-14-17)26(10-16(24)15-38-40)44-25-8-4-19(11-23(25)32)39-28(42)21-7-9-27(30(33,34)35)41(29(21)43)20-5-2-18(31)3-6-20/h4-18H,2-3H2,1H3,(H,35,36)(H,38,41);4-17H,3H2,1-2H3,(H,34,35)(H,37,40);2-15H,1H3,(H,36,37)(H,39,42). The molecule has 0 aliphatic heterocycles. The van der Waals surface area contributed by atoms with Crippen molar-refractivity contribution in [2.45, 2.75) is 45.3 Å². The number of amides is 3. The minimum Gasteiger partial charge on any atom is -0.454 e. The number of halogens is 9. The highest BCUT2D eigenvalue weighted by Crippen LogP contribution is 2.44. The van der Waals surface area contributed by atoms with Crippen molar-refractivity contribution in [3.63, 3.8) is 0 Å². The number of fused-ring (bicyclic) bond motifs is 3. The molecule has 0 unspecified atom stereocenters. The maximum Gasteiger partial charge on any atom is 0.431 e. The number of carbonyl (C=O) groups excluding carboxylic acids is 3. The Morgan fingerprint density at radius 2 is 0.767 bits per heavy atom. The molecule has 3 amide bonds. The second-order valence-electron chi connectivity index (χ2n) is 29.6. The van der Waals surface area contributed by atoms with E-state index in [2.05, 4.69) is 61.8 Å². The summed E-state index contributed by atoms with van der Waals surface area (Å²) in [5.41, 5.74) is 4.10. The van der Waals surface area contributed by atoms with Crippen LogP contribution in [-0.2, 0) is 26.8 Å². The van der Waals surface area contributed by atoms with Gasteiger partial charge < -0.3 is 30.2 Å². The quantitative estimate of drug-likeness (QED) is 0.0386. The van der Waals surface area contributed by atoms with Gasteiger partial charge in [0.05, 0.1) is 53.7 Å². The molecule has 9 aromatic carbocycles. The van der Waals surface area contributed by atoms with Gasteiger partial charge in [-0.3, -0.25) is 71.8 Å². The van der Waals surface area contributed by atoms with Crippen molar-refractivity contribution < 1.29 is 68.1 Å². The molecule has 1 fully saturated rings. The number of hydrogen-bond acceptors (Lipinski definition) is 15. The fourth-order valence-electron chi connectivity index (χ4n) is 14.5. The van der Waals surface area contributed by atoms with Crippen LogP contribution in [0.25, 0.3) is 83.2 Å². The number of rotatable bonds is 20. The van der Waals surface area contributed by atoms with Gasteiger partial charge in [-0.1, -0.05) is 0 Å². The van der Waals surface area contributed by atoms with Crippen molar-refractivity contribution in [3.8, 4) is 84.9 Å². The van der Waals surface area contributed by atoms with Crippen LogP contribution in [0, 0.1) is 41.8 Å². The number of anilines is 3. The third-order valence-electron chi connectivity index (χ3n) is 21.1. The van der Waals surface area contributed by atoms with Crippen LogP contribution in [0.5, 0.6) is 34.5 Å². The summed E-state index contributed by atoms with van der Waals surface area (Å²) in [4.78, 5) is 79.0. The zero-order valence-corrected chi connectivity index (χ0v) is 67.9. The number of aromatic nitrogens is 15. The lowest BCUT2D eigenvalue weighted by Crippen LogP contribution is -2.32. The molecule has 1 aliphatic carbocycles. The number of benzene rings is 9. The second kappa shape index (κ2) is 35.0. The van der Waals surface area contributed by atoms with Crippen LogP contribution >= 0.6 is 0 Å². The number of aryl methyl sites for hydroxylation is 4. The number of carbonyl (C=O) groups is 3. The van der Waals surface area contributed by atoms with E-state index in [1.807, 2.05) is 36.9 Å². The first-order valence-corrected chi connectivity index (χ1v) is 39.5. The lowest BCUT2D eigenvalue weighted by atomic mass is 10.1. The molecule has 19 rings (SSSR count). The number of ether oxygens (including phenoxy) is 3. The zero-order chi connectivity index (χ0) is 90.2. The van der Waals surface area contributed by atoms with Crippen LogP contribution in [0.15, 0.2) is 270 Å². The summed E-state index contributed by atoms with van der Waals surface area (Å²) in [5.74, 6) is -5.42. The Labute approximate surface area is 721 Å². The average Bonchev–Trinajstić information content (AvgIpc) is 1.74. The van der Waals surface area contributed by atoms with E-state index >= 15 is 13.2 Å². The first-order valence-electron chi connectivity index (χ1n) is 39.5. The van der Waals surface area contributed by atoms with E-state index in [0.29, 0.717) is 69.2 Å². The second-order valence-corrected chi connectivity index (χ2v) is 29.6. The van der Waals surface area contributed by atoms with Crippen LogP contribution in [0.2, 0.25) is 0 Å². The summed E-state index contributed by atoms with van der Waals surface area (Å²) in [7, 11) is 3.60. The van der Waals surface area contributed by atoms with E-state index in [4.69, 9.17) is 14.2 Å². The first kappa shape index (κ1) is 84.3. The molecule has 646 valence electrons. The number of hydrogen-bond donors (Lipinski definition) is 6. The Morgan fingerprint density at radius 1 is 0.411 bits per heavy atom. The third-order valence-corrected chi connectivity index (χ3v) is 21.1. The van der Waals surface area contributed by atoms with E-state index in [-0.39, 0.29) is 61.6 Å². The molecule has 1 saturated carbocycles. The summed E-state index contributed by atoms with van der Waals surface area (Å²) < 4.78 is 153. The Bertz CT molecular complexity index is 7560. The van der Waals surface area contributed by atoms with Crippen molar-refractivity contribution in [2.24, 2.45) is 14.1 Å². The molecule has 9 aromatic heterocycles. The summed E-state index contributed by atoms with van der Waals surface area (Å²) in [6.45, 7) is 4.37. The van der Waals surface area contributed by atoms with Gasteiger partial charge in [0.2, 0.25) is 0 Å². The summed E-state index contributed by atoms with van der Waals surface area (Å²) in [6, 6.07) is 44.5. The van der Waals surface area contributed by atoms with E-state index in [1.165, 1.54) is 106 Å². The molecule has 0 saturated heterocycles. The van der Waals surface area contributed by atoms with E-state index < -0.39 is 86.7 Å². The molecule has 0 atom stereocenters. The van der Waals surface area contributed by atoms with Crippen LogP contribution < -0.4 is 46.8 Å². The maximum atomic E-state index is 15.3. The predicted octanol–water partition coefficient (Wildman–Crippen LogP) is 19.0. The van der Waals surface area contributed by atoms with Gasteiger partial charge >= 0.3 is 6.18 Å². The molecule has 0 radical (unpaired) electrons. The number of nitrogens with one attached hydrogen (secondary N) is 6. The summed E-state index contributed by atoms with van der Waals surface area (Å²) in [6.07, 6.45) is 11.9. The number of H-pyrrole nitrogens is 3. The number of aromatic amines is 3. The minimum absolute atomic E-state index is 0.0570. The van der Waals surface area contributed by atoms with E-state index in [0.717, 1.165) is 111 Å². The lowest BCUT2D eigenvalue weighted by Gasteiger charge is -2.17. The highest BCUT2D eigenvalue weighted by atomic mass is 19.4. The molecule has 27 nitrogen and oxygen atoms in total. The molecule has 6 N–H and O–H groups in total. The van der Waals surface area contributed by atoms with Gasteiger partial charge in [0.15, 0.2) is 34.7 Å². The number of pyridine rings is 3. The Balaban J connectivity index is 0.000000136. The Hall–Kier alpha value is -17.0. The van der Waals surface area contributed by atoms with Crippen molar-refractivity contribution in [1.82, 2.24) is 73.6 Å². The minimum atomic E-state index is -4.96. The molecule has 18 aromatic rings. The van der Waals surface area contributed by atoms with E-state index in [9.17, 15) is 55.1 Å². The monoisotopic (exact) mass is 1750 g/mol. The molecule has 9 heterocycles. The van der Waals surface area contributed by atoms with Gasteiger partial charge in [0.25, 0.3) is 34.4 Å². The van der Waals surface area contributed by atoms with Crippen molar-refractivity contribution in [3.05, 3.63) is 356 Å². The summed E-state index contributed by atoms with van der Waals surface area (Å²) >= 11 is 0. The largest absolute Gasteiger partial charge is 0.454 e. The van der Waals surface area contributed by atoms with Crippen LogP contribution in [0.3, 0.4) is 0 Å². The first-order chi connectivity index (χ1) is 62.2. The highest BCUT2D eigenvalue weighted by molar-refractivity contribution is 6.06. The summed E-state index contributed by atoms with van der Waals surface area (Å²) in [5, 5.41) is 43.0. The Kier molecular flexibility index (Phi) is 22.9. The van der Waals surface area contributed by atoms with Crippen LogP contribution in [0.1, 0.15) is 73.8 Å². The fraction of sp³-hybridized carbons (Fsp3) is 0.0968. The van der Waals surface area contributed by atoms with Crippen molar-refractivity contribution in [2.75, 3.05) is 16.0 Å². The lowest BCUT2D eigenvalue weighted by molar-refractivity contribution is -0.142. The molecule has 129 heavy (non-hydrogen) atoms. The van der Waals surface area contributed by atoms with Crippen molar-refractivity contribution in [1.29, 1.82) is 0 Å². The number of alkyl halides is 3. The third kappa shape index (κ3) is 17.6. The van der Waals surface area contributed by atoms with Crippen molar-refractivity contribution >= 4 is 67.5 Å². The fourth-order valence-corrected chi connectivity index (χ4v) is 14.5. The number of nitrogens with zero attached hydrogens (tertiary/aromatic N) is 12. The van der Waals surface area contributed by atoms with Gasteiger partial charge in [0, 0.05) is 152 Å². The average molecular weight is 1750 g/mol. The topological polar surface area (TPSA) is 320 Å².